The fourth-order valence-corrected chi connectivity index (χ4v) is 1.42. The number of benzene rings is 1. The van der Waals surface area contributed by atoms with Crippen LogP contribution in [0.25, 0.3) is 0 Å². The summed E-state index contributed by atoms with van der Waals surface area (Å²) in [6, 6.07) is 9.91. The highest BCUT2D eigenvalue weighted by atomic mass is 16.2. The fraction of sp³-hybridized carbons (Fsp3) is 0.214. The van der Waals surface area contributed by atoms with E-state index in [4.69, 9.17) is 0 Å². The standard InChI is InChI=1S/C14H17NO/c1-4-12(3)14(16)15(5-2)11-13-9-7-6-8-10-13/h4,6-10H,1,3,5,11H2,2H3. The van der Waals surface area contributed by atoms with E-state index in [2.05, 4.69) is 13.2 Å². The number of likely N-dealkylation sites (N-methyl/N-ethyl adjacent to an activating group) is 1. The van der Waals surface area contributed by atoms with Crippen LogP contribution in [0.4, 0.5) is 0 Å². The van der Waals surface area contributed by atoms with Crippen LogP contribution in [0.1, 0.15) is 12.5 Å². The van der Waals surface area contributed by atoms with Crippen LogP contribution in [-0.2, 0) is 11.3 Å². The zero-order chi connectivity index (χ0) is 12.0. The second kappa shape index (κ2) is 5.91. The van der Waals surface area contributed by atoms with Crippen LogP contribution in [-0.4, -0.2) is 17.4 Å². The van der Waals surface area contributed by atoms with Gasteiger partial charge in [-0.25, -0.2) is 0 Å². The third-order valence-electron chi connectivity index (χ3n) is 2.41. The van der Waals surface area contributed by atoms with Crippen molar-refractivity contribution in [3.8, 4) is 0 Å². The van der Waals surface area contributed by atoms with Gasteiger partial charge in [0, 0.05) is 18.7 Å². The summed E-state index contributed by atoms with van der Waals surface area (Å²) in [6.07, 6.45) is 1.50. The number of hydrogen-bond acceptors (Lipinski definition) is 1. The van der Waals surface area contributed by atoms with Gasteiger partial charge in [0.1, 0.15) is 0 Å². The molecule has 1 aromatic carbocycles. The van der Waals surface area contributed by atoms with Crippen LogP contribution in [0.2, 0.25) is 0 Å². The van der Waals surface area contributed by atoms with Gasteiger partial charge >= 0.3 is 0 Å². The minimum Gasteiger partial charge on any atom is -0.335 e. The summed E-state index contributed by atoms with van der Waals surface area (Å²) in [6.45, 7) is 10.5. The Labute approximate surface area is 96.9 Å². The molecule has 2 heteroatoms. The van der Waals surface area contributed by atoms with Crippen molar-refractivity contribution < 1.29 is 4.79 Å². The molecule has 0 radical (unpaired) electrons. The summed E-state index contributed by atoms with van der Waals surface area (Å²) in [5.74, 6) is -0.0543. The summed E-state index contributed by atoms with van der Waals surface area (Å²) < 4.78 is 0. The fourth-order valence-electron chi connectivity index (χ4n) is 1.42. The molecule has 2 nitrogen and oxygen atoms in total. The Morgan fingerprint density at radius 1 is 1.38 bits per heavy atom. The summed E-state index contributed by atoms with van der Waals surface area (Å²) in [5.41, 5.74) is 1.56. The first-order valence-electron chi connectivity index (χ1n) is 5.33. The largest absolute Gasteiger partial charge is 0.335 e. The lowest BCUT2D eigenvalue weighted by atomic mass is 10.2. The monoisotopic (exact) mass is 215 g/mol. The first kappa shape index (κ1) is 12.2. The Balaban J connectivity index is 2.73. The SMILES string of the molecule is C=CC(=C)C(=O)N(CC)Cc1ccccc1. The molecule has 16 heavy (non-hydrogen) atoms. The van der Waals surface area contributed by atoms with Gasteiger partial charge in [-0.15, -0.1) is 0 Å². The van der Waals surface area contributed by atoms with Gasteiger partial charge in [0.2, 0.25) is 0 Å². The maximum absolute atomic E-state index is 11.9. The third kappa shape index (κ3) is 3.09. The smallest absolute Gasteiger partial charge is 0.253 e. The molecule has 0 heterocycles. The number of carbonyl (C=O) groups excluding carboxylic acids is 1. The van der Waals surface area contributed by atoms with E-state index >= 15 is 0 Å². The summed E-state index contributed by atoms with van der Waals surface area (Å²) in [7, 11) is 0. The van der Waals surface area contributed by atoms with Gasteiger partial charge in [-0.3, -0.25) is 4.79 Å². The Morgan fingerprint density at radius 2 is 2.00 bits per heavy atom. The molecule has 0 aromatic heterocycles. The first-order valence-corrected chi connectivity index (χ1v) is 5.33. The van der Waals surface area contributed by atoms with Crippen LogP contribution in [0.15, 0.2) is 55.1 Å². The van der Waals surface area contributed by atoms with E-state index in [-0.39, 0.29) is 5.91 Å². The van der Waals surface area contributed by atoms with Crippen molar-refractivity contribution >= 4 is 5.91 Å². The molecular formula is C14H17NO. The van der Waals surface area contributed by atoms with Gasteiger partial charge in [-0.2, -0.15) is 0 Å². The first-order chi connectivity index (χ1) is 7.69. The van der Waals surface area contributed by atoms with Crippen LogP contribution in [0.5, 0.6) is 0 Å². The van der Waals surface area contributed by atoms with Crippen LogP contribution < -0.4 is 0 Å². The minimum atomic E-state index is -0.0543. The molecular weight excluding hydrogens is 198 g/mol. The van der Waals surface area contributed by atoms with Gasteiger partial charge in [0.15, 0.2) is 0 Å². The van der Waals surface area contributed by atoms with Crippen LogP contribution in [0, 0.1) is 0 Å². The van der Waals surface area contributed by atoms with Gasteiger partial charge in [-0.1, -0.05) is 49.6 Å². The molecule has 1 rings (SSSR count). The van der Waals surface area contributed by atoms with Gasteiger partial charge < -0.3 is 4.90 Å². The predicted octanol–water partition coefficient (Wildman–Crippen LogP) is 2.78. The van der Waals surface area contributed by atoms with Gasteiger partial charge in [0.25, 0.3) is 5.91 Å². The molecule has 84 valence electrons. The summed E-state index contributed by atoms with van der Waals surface area (Å²) in [5, 5.41) is 0. The second-order valence-electron chi connectivity index (χ2n) is 3.53. The lowest BCUT2D eigenvalue weighted by Crippen LogP contribution is -2.30. The number of nitrogens with zero attached hydrogens (tertiary/aromatic N) is 1. The van der Waals surface area contributed by atoms with Crippen molar-refractivity contribution in [1.29, 1.82) is 0 Å². The van der Waals surface area contributed by atoms with E-state index < -0.39 is 0 Å². The molecule has 0 unspecified atom stereocenters. The Kier molecular flexibility index (Phi) is 4.52. The zero-order valence-corrected chi connectivity index (χ0v) is 9.65. The number of hydrogen-bond donors (Lipinski definition) is 0. The lowest BCUT2D eigenvalue weighted by molar-refractivity contribution is -0.127. The highest BCUT2D eigenvalue weighted by molar-refractivity contribution is 5.95. The van der Waals surface area contributed by atoms with Crippen molar-refractivity contribution in [1.82, 2.24) is 4.90 Å². The molecule has 0 saturated carbocycles. The van der Waals surface area contributed by atoms with Crippen LogP contribution in [0.3, 0.4) is 0 Å². The molecule has 0 N–H and O–H groups in total. The molecule has 0 aliphatic carbocycles. The molecule has 0 aliphatic rings. The lowest BCUT2D eigenvalue weighted by Gasteiger charge is -2.21. The second-order valence-corrected chi connectivity index (χ2v) is 3.53. The summed E-state index contributed by atoms with van der Waals surface area (Å²) in [4.78, 5) is 13.6. The Morgan fingerprint density at radius 3 is 2.50 bits per heavy atom. The quantitative estimate of drug-likeness (QED) is 0.546. The molecule has 1 aromatic rings. The average Bonchev–Trinajstić information content (AvgIpc) is 2.35. The van der Waals surface area contributed by atoms with Gasteiger partial charge in [0.05, 0.1) is 0 Å². The molecule has 0 spiro atoms. The van der Waals surface area contributed by atoms with Crippen molar-refractivity contribution in [2.45, 2.75) is 13.5 Å². The van der Waals surface area contributed by atoms with E-state index in [1.54, 1.807) is 4.90 Å². The minimum absolute atomic E-state index is 0.0543. The number of amides is 1. The Bertz CT molecular complexity index is 381. The zero-order valence-electron chi connectivity index (χ0n) is 9.65. The van der Waals surface area contributed by atoms with E-state index in [1.165, 1.54) is 6.08 Å². The predicted molar refractivity (Wildman–Crippen MR) is 66.9 cm³/mol. The topological polar surface area (TPSA) is 20.3 Å². The van der Waals surface area contributed by atoms with Crippen molar-refractivity contribution in [3.05, 3.63) is 60.7 Å². The Hall–Kier alpha value is -1.83. The highest BCUT2D eigenvalue weighted by Crippen LogP contribution is 2.07. The van der Waals surface area contributed by atoms with Crippen molar-refractivity contribution in [3.63, 3.8) is 0 Å². The molecule has 0 atom stereocenters. The third-order valence-corrected chi connectivity index (χ3v) is 2.41. The van der Waals surface area contributed by atoms with Crippen molar-refractivity contribution in [2.24, 2.45) is 0 Å². The van der Waals surface area contributed by atoms with Crippen LogP contribution >= 0.6 is 0 Å². The van der Waals surface area contributed by atoms with E-state index in [9.17, 15) is 4.79 Å². The molecule has 0 bridgehead atoms. The summed E-state index contributed by atoms with van der Waals surface area (Å²) >= 11 is 0. The molecule has 0 fully saturated rings. The van der Waals surface area contributed by atoms with E-state index in [0.717, 1.165) is 5.56 Å². The van der Waals surface area contributed by atoms with E-state index in [1.807, 2.05) is 37.3 Å². The maximum Gasteiger partial charge on any atom is 0.253 e. The number of rotatable bonds is 5. The highest BCUT2D eigenvalue weighted by Gasteiger charge is 2.12. The molecule has 1 amide bonds. The average molecular weight is 215 g/mol. The molecule has 0 aliphatic heterocycles. The molecule has 0 saturated heterocycles. The van der Waals surface area contributed by atoms with E-state index in [0.29, 0.717) is 18.7 Å². The number of carbonyl (C=O) groups is 1. The normalized spacial score (nSPS) is 9.56. The maximum atomic E-state index is 11.9. The van der Waals surface area contributed by atoms with Gasteiger partial charge in [-0.05, 0) is 12.5 Å². The van der Waals surface area contributed by atoms with Crippen molar-refractivity contribution in [2.75, 3.05) is 6.54 Å².